The molecule has 4 aromatic heterocycles. The molecule has 152 valence electrons. The number of carbonyl (C=O) groups excluding carboxylic acids is 1. The van der Waals surface area contributed by atoms with E-state index in [9.17, 15) is 4.79 Å². The number of aromatic amines is 1. The summed E-state index contributed by atoms with van der Waals surface area (Å²) in [5, 5.41) is 14.2. The highest BCUT2D eigenvalue weighted by Gasteiger charge is 2.22. The standard InChI is InChI=1S/C20H20N8O2/c29-19(17-11-30-20(26-17)13-8-23-24-9-13)25-16-10-28(14-4-2-1-3-5-14)27-18(16)15-6-7-21-12-22-15/h6-12,14H,1-5H2,(H,23,24)(H,25,29). The van der Waals surface area contributed by atoms with Crippen molar-refractivity contribution in [1.29, 1.82) is 0 Å². The Labute approximate surface area is 171 Å². The van der Waals surface area contributed by atoms with Crippen molar-refractivity contribution in [2.45, 2.75) is 38.1 Å². The van der Waals surface area contributed by atoms with E-state index in [1.54, 1.807) is 24.7 Å². The molecule has 4 heterocycles. The van der Waals surface area contributed by atoms with Gasteiger partial charge < -0.3 is 9.73 Å². The summed E-state index contributed by atoms with van der Waals surface area (Å²) >= 11 is 0. The highest BCUT2D eigenvalue weighted by molar-refractivity contribution is 6.04. The van der Waals surface area contributed by atoms with E-state index in [0.29, 0.717) is 34.6 Å². The molecule has 0 aromatic carbocycles. The molecule has 0 spiro atoms. The minimum atomic E-state index is -0.382. The van der Waals surface area contributed by atoms with Gasteiger partial charge in [0.1, 0.15) is 18.3 Å². The van der Waals surface area contributed by atoms with Crippen molar-refractivity contribution in [1.82, 2.24) is 34.9 Å². The van der Waals surface area contributed by atoms with Crippen molar-refractivity contribution in [3.63, 3.8) is 0 Å². The Balaban J connectivity index is 1.44. The van der Waals surface area contributed by atoms with E-state index in [-0.39, 0.29) is 11.6 Å². The Kier molecular flexibility index (Phi) is 4.80. The van der Waals surface area contributed by atoms with E-state index in [2.05, 4.69) is 30.5 Å². The monoisotopic (exact) mass is 404 g/mol. The number of rotatable bonds is 5. The van der Waals surface area contributed by atoms with Gasteiger partial charge in [-0.25, -0.2) is 15.0 Å². The van der Waals surface area contributed by atoms with Gasteiger partial charge in [0.25, 0.3) is 5.91 Å². The smallest absolute Gasteiger partial charge is 0.277 e. The molecule has 1 aliphatic carbocycles. The fourth-order valence-electron chi connectivity index (χ4n) is 3.70. The van der Waals surface area contributed by atoms with Crippen LogP contribution in [0.1, 0.15) is 48.6 Å². The third kappa shape index (κ3) is 3.59. The lowest BCUT2D eigenvalue weighted by atomic mass is 9.96. The molecule has 0 radical (unpaired) electrons. The predicted molar refractivity (Wildman–Crippen MR) is 107 cm³/mol. The van der Waals surface area contributed by atoms with Crippen molar-refractivity contribution in [2.75, 3.05) is 5.32 Å². The second-order valence-electron chi connectivity index (χ2n) is 7.24. The highest BCUT2D eigenvalue weighted by atomic mass is 16.3. The highest BCUT2D eigenvalue weighted by Crippen LogP contribution is 2.32. The summed E-state index contributed by atoms with van der Waals surface area (Å²) in [6.45, 7) is 0. The van der Waals surface area contributed by atoms with Gasteiger partial charge in [0.15, 0.2) is 5.69 Å². The zero-order valence-electron chi connectivity index (χ0n) is 16.2. The predicted octanol–water partition coefficient (Wildman–Crippen LogP) is 3.48. The number of nitrogens with one attached hydrogen (secondary N) is 2. The molecular weight excluding hydrogens is 384 g/mol. The van der Waals surface area contributed by atoms with Crippen molar-refractivity contribution in [3.05, 3.63) is 49.1 Å². The maximum absolute atomic E-state index is 12.8. The Morgan fingerprint density at radius 3 is 2.93 bits per heavy atom. The van der Waals surface area contributed by atoms with Crippen LogP contribution in [0.25, 0.3) is 22.8 Å². The SMILES string of the molecule is O=C(Nc1cn(C2CCCCC2)nc1-c1ccncn1)c1coc(-c2cn[nH]c2)n1. The number of aromatic nitrogens is 7. The average Bonchev–Trinajstić information content (AvgIpc) is 3.55. The number of H-pyrrole nitrogens is 1. The number of hydrogen-bond acceptors (Lipinski definition) is 7. The number of oxazole rings is 1. The summed E-state index contributed by atoms with van der Waals surface area (Å²) in [7, 11) is 0. The Morgan fingerprint density at radius 1 is 1.27 bits per heavy atom. The molecule has 0 aliphatic heterocycles. The van der Waals surface area contributed by atoms with Gasteiger partial charge in [-0.15, -0.1) is 0 Å². The molecule has 0 atom stereocenters. The lowest BCUT2D eigenvalue weighted by Gasteiger charge is -2.21. The van der Waals surface area contributed by atoms with Gasteiger partial charge in [0.05, 0.1) is 29.2 Å². The van der Waals surface area contributed by atoms with Crippen LogP contribution >= 0.6 is 0 Å². The number of amides is 1. The van der Waals surface area contributed by atoms with E-state index in [4.69, 9.17) is 9.52 Å². The Bertz CT molecular complexity index is 1130. The molecular formula is C20H20N8O2. The van der Waals surface area contributed by atoms with Crippen molar-refractivity contribution >= 4 is 11.6 Å². The molecule has 10 heteroatoms. The number of nitrogens with zero attached hydrogens (tertiary/aromatic N) is 6. The van der Waals surface area contributed by atoms with E-state index < -0.39 is 0 Å². The van der Waals surface area contributed by atoms with Crippen LogP contribution in [0.4, 0.5) is 5.69 Å². The van der Waals surface area contributed by atoms with Crippen LogP contribution in [-0.2, 0) is 0 Å². The van der Waals surface area contributed by atoms with Crippen molar-refractivity contribution in [3.8, 4) is 22.8 Å². The van der Waals surface area contributed by atoms with Crippen molar-refractivity contribution < 1.29 is 9.21 Å². The van der Waals surface area contributed by atoms with Gasteiger partial charge in [-0.3, -0.25) is 14.6 Å². The van der Waals surface area contributed by atoms with Gasteiger partial charge in [0.2, 0.25) is 5.89 Å². The average molecular weight is 404 g/mol. The molecule has 30 heavy (non-hydrogen) atoms. The first-order chi connectivity index (χ1) is 14.8. The van der Waals surface area contributed by atoms with E-state index >= 15 is 0 Å². The Hall–Kier alpha value is -3.82. The summed E-state index contributed by atoms with van der Waals surface area (Å²) in [5.41, 5.74) is 2.67. The summed E-state index contributed by atoms with van der Waals surface area (Å²) in [6, 6.07) is 2.10. The molecule has 1 saturated carbocycles. The van der Waals surface area contributed by atoms with Crippen LogP contribution in [0.3, 0.4) is 0 Å². The van der Waals surface area contributed by atoms with Gasteiger partial charge in [-0.2, -0.15) is 10.2 Å². The molecule has 0 bridgehead atoms. The maximum atomic E-state index is 12.8. The second kappa shape index (κ2) is 7.90. The van der Waals surface area contributed by atoms with Crippen LogP contribution < -0.4 is 5.32 Å². The van der Waals surface area contributed by atoms with Crippen LogP contribution in [0.15, 0.2) is 47.9 Å². The van der Waals surface area contributed by atoms with Gasteiger partial charge >= 0.3 is 0 Å². The molecule has 10 nitrogen and oxygen atoms in total. The number of hydrogen-bond donors (Lipinski definition) is 2. The van der Waals surface area contributed by atoms with Gasteiger partial charge in [-0.05, 0) is 18.9 Å². The summed E-state index contributed by atoms with van der Waals surface area (Å²) < 4.78 is 7.36. The zero-order chi connectivity index (χ0) is 20.3. The normalized spacial score (nSPS) is 14.7. The van der Waals surface area contributed by atoms with Crippen LogP contribution in [-0.4, -0.2) is 40.8 Å². The van der Waals surface area contributed by atoms with Gasteiger partial charge in [0, 0.05) is 18.6 Å². The minimum Gasteiger partial charge on any atom is -0.444 e. The maximum Gasteiger partial charge on any atom is 0.277 e. The van der Waals surface area contributed by atoms with Crippen LogP contribution in [0, 0.1) is 0 Å². The molecule has 2 N–H and O–H groups in total. The molecule has 5 rings (SSSR count). The third-order valence-corrected chi connectivity index (χ3v) is 5.24. The fourth-order valence-corrected chi connectivity index (χ4v) is 3.70. The lowest BCUT2D eigenvalue weighted by molar-refractivity contribution is 0.102. The molecule has 1 aliphatic rings. The first-order valence-corrected chi connectivity index (χ1v) is 9.89. The molecule has 1 amide bonds. The summed E-state index contributed by atoms with van der Waals surface area (Å²) in [4.78, 5) is 25.4. The fraction of sp³-hybridized carbons (Fsp3) is 0.300. The number of anilines is 1. The van der Waals surface area contributed by atoms with E-state index in [1.807, 2.05) is 10.9 Å². The van der Waals surface area contributed by atoms with E-state index in [0.717, 1.165) is 12.8 Å². The zero-order valence-corrected chi connectivity index (χ0v) is 16.2. The largest absolute Gasteiger partial charge is 0.444 e. The Morgan fingerprint density at radius 2 is 2.17 bits per heavy atom. The molecule has 4 aromatic rings. The molecule has 0 unspecified atom stereocenters. The lowest BCUT2D eigenvalue weighted by Crippen LogP contribution is -2.14. The van der Waals surface area contributed by atoms with Crippen LogP contribution in [0.2, 0.25) is 0 Å². The molecule has 1 fully saturated rings. The minimum absolute atomic E-state index is 0.172. The quantitative estimate of drug-likeness (QED) is 0.521. The summed E-state index contributed by atoms with van der Waals surface area (Å²) in [6.07, 6.45) is 15.3. The molecule has 0 saturated heterocycles. The van der Waals surface area contributed by atoms with Crippen molar-refractivity contribution in [2.24, 2.45) is 0 Å². The number of carbonyl (C=O) groups is 1. The topological polar surface area (TPSA) is 127 Å². The first-order valence-electron chi connectivity index (χ1n) is 9.89. The van der Waals surface area contributed by atoms with Crippen LogP contribution in [0.5, 0.6) is 0 Å². The second-order valence-corrected chi connectivity index (χ2v) is 7.24. The van der Waals surface area contributed by atoms with Gasteiger partial charge in [-0.1, -0.05) is 19.3 Å². The van der Waals surface area contributed by atoms with E-state index in [1.165, 1.54) is 31.9 Å². The first kappa shape index (κ1) is 18.2. The third-order valence-electron chi connectivity index (χ3n) is 5.24. The summed E-state index contributed by atoms with van der Waals surface area (Å²) in [5.74, 6) is -0.0604.